The van der Waals surface area contributed by atoms with E-state index in [4.69, 9.17) is 22.7 Å². The number of thiocarbonyl (C=S) groups is 1. The summed E-state index contributed by atoms with van der Waals surface area (Å²) >= 11 is 7.16. The summed E-state index contributed by atoms with van der Waals surface area (Å²) in [5.74, 6) is 0.917. The van der Waals surface area contributed by atoms with E-state index in [1.165, 1.54) is 0 Å². The third-order valence-electron chi connectivity index (χ3n) is 2.33. The largest absolute Gasteiger partial charge is 0.391 e. The molecule has 1 aromatic rings. The molecule has 16 heavy (non-hydrogen) atoms. The van der Waals surface area contributed by atoms with Gasteiger partial charge in [0.1, 0.15) is 23.2 Å². The average molecular weight is 350 g/mol. The Morgan fingerprint density at radius 2 is 2.50 bits per heavy atom. The molecular formula is C9H11IN4OS. The maximum absolute atomic E-state index is 5.59. The zero-order valence-electron chi connectivity index (χ0n) is 8.47. The quantitative estimate of drug-likeness (QED) is 0.622. The molecule has 1 aliphatic rings. The van der Waals surface area contributed by atoms with Crippen LogP contribution >= 0.6 is 34.8 Å². The lowest BCUT2D eigenvalue weighted by Crippen LogP contribution is -2.48. The van der Waals surface area contributed by atoms with Crippen molar-refractivity contribution in [3.8, 4) is 0 Å². The van der Waals surface area contributed by atoms with Crippen molar-refractivity contribution in [1.82, 2.24) is 9.97 Å². The fraction of sp³-hybridized carbons (Fsp3) is 0.444. The van der Waals surface area contributed by atoms with Gasteiger partial charge < -0.3 is 15.4 Å². The Morgan fingerprint density at radius 3 is 3.19 bits per heavy atom. The summed E-state index contributed by atoms with van der Waals surface area (Å²) in [6.45, 7) is 2.07. The highest BCUT2D eigenvalue weighted by Gasteiger charge is 2.24. The predicted molar refractivity (Wildman–Crippen MR) is 73.5 cm³/mol. The number of nitrogens with two attached hydrogens (primary N) is 1. The van der Waals surface area contributed by atoms with Crippen LogP contribution in [0.5, 0.6) is 0 Å². The summed E-state index contributed by atoms with van der Waals surface area (Å²) in [5, 5.41) is 0. The second-order valence-corrected chi connectivity index (χ2v) is 5.04. The van der Waals surface area contributed by atoms with E-state index in [2.05, 4.69) is 37.5 Å². The van der Waals surface area contributed by atoms with Crippen LogP contribution in [-0.4, -0.2) is 40.8 Å². The number of hydrogen-bond donors (Lipinski definition) is 1. The van der Waals surface area contributed by atoms with Crippen molar-refractivity contribution < 1.29 is 4.74 Å². The molecule has 7 heteroatoms. The van der Waals surface area contributed by atoms with Crippen LogP contribution < -0.4 is 10.6 Å². The van der Waals surface area contributed by atoms with Crippen LogP contribution in [-0.2, 0) is 4.74 Å². The summed E-state index contributed by atoms with van der Waals surface area (Å²) in [5.41, 5.74) is 5.59. The van der Waals surface area contributed by atoms with E-state index in [9.17, 15) is 0 Å². The van der Waals surface area contributed by atoms with E-state index in [1.54, 1.807) is 12.5 Å². The predicted octanol–water partition coefficient (Wildman–Crippen LogP) is 0.572. The van der Waals surface area contributed by atoms with Gasteiger partial charge in [-0.3, -0.25) is 0 Å². The first-order chi connectivity index (χ1) is 7.68. The van der Waals surface area contributed by atoms with Gasteiger partial charge in [0.2, 0.25) is 0 Å². The standard InChI is InChI=1S/C9H11IN4OS/c10-6-3-12-5-13-9(6)14-1-2-15-7(4-14)8(11)16/h3,5,7H,1-2,4H2,(H2,11,16). The number of morpholine rings is 1. The molecule has 1 aliphatic heterocycles. The van der Waals surface area contributed by atoms with Gasteiger partial charge in [-0.05, 0) is 22.6 Å². The second kappa shape index (κ2) is 5.19. The molecule has 0 radical (unpaired) electrons. The molecule has 0 spiro atoms. The van der Waals surface area contributed by atoms with Gasteiger partial charge in [-0.2, -0.15) is 0 Å². The van der Waals surface area contributed by atoms with Crippen LogP contribution in [0.2, 0.25) is 0 Å². The molecule has 1 aromatic heterocycles. The minimum absolute atomic E-state index is 0.186. The second-order valence-electron chi connectivity index (χ2n) is 3.40. The van der Waals surface area contributed by atoms with Crippen molar-refractivity contribution >= 4 is 45.6 Å². The molecule has 1 unspecified atom stereocenters. The number of nitrogens with zero attached hydrogens (tertiary/aromatic N) is 3. The van der Waals surface area contributed by atoms with Gasteiger partial charge in [0.15, 0.2) is 0 Å². The first kappa shape index (κ1) is 11.9. The molecule has 0 saturated carbocycles. The van der Waals surface area contributed by atoms with Gasteiger partial charge in [-0.15, -0.1) is 0 Å². The van der Waals surface area contributed by atoms with Crippen LogP contribution in [0.4, 0.5) is 5.82 Å². The van der Waals surface area contributed by atoms with Crippen molar-refractivity contribution in [2.45, 2.75) is 6.10 Å². The van der Waals surface area contributed by atoms with Gasteiger partial charge in [-0.25, -0.2) is 9.97 Å². The van der Waals surface area contributed by atoms with Crippen molar-refractivity contribution in [2.75, 3.05) is 24.6 Å². The topological polar surface area (TPSA) is 64.3 Å². The smallest absolute Gasteiger partial charge is 0.145 e. The molecule has 2 rings (SSSR count). The SMILES string of the molecule is NC(=S)C1CN(c2ncncc2I)CCO1. The Hall–Kier alpha value is -0.540. The molecule has 1 atom stereocenters. The lowest BCUT2D eigenvalue weighted by Gasteiger charge is -2.33. The molecule has 1 fully saturated rings. The maximum atomic E-state index is 5.59. The zero-order chi connectivity index (χ0) is 11.5. The maximum Gasteiger partial charge on any atom is 0.145 e. The molecule has 0 amide bonds. The fourth-order valence-electron chi connectivity index (χ4n) is 1.55. The van der Waals surface area contributed by atoms with E-state index >= 15 is 0 Å². The van der Waals surface area contributed by atoms with Gasteiger partial charge in [0.25, 0.3) is 0 Å². The average Bonchev–Trinajstić information content (AvgIpc) is 2.30. The van der Waals surface area contributed by atoms with E-state index in [0.717, 1.165) is 15.9 Å². The minimum atomic E-state index is -0.186. The summed E-state index contributed by atoms with van der Waals surface area (Å²) in [6, 6.07) is 0. The fourth-order valence-corrected chi connectivity index (χ4v) is 2.34. The Morgan fingerprint density at radius 1 is 1.69 bits per heavy atom. The number of aromatic nitrogens is 2. The number of rotatable bonds is 2. The highest BCUT2D eigenvalue weighted by atomic mass is 127. The summed E-state index contributed by atoms with van der Waals surface area (Å²) in [6.07, 6.45) is 3.14. The summed E-state index contributed by atoms with van der Waals surface area (Å²) in [7, 11) is 0. The van der Waals surface area contributed by atoms with Crippen molar-refractivity contribution in [3.05, 3.63) is 16.1 Å². The summed E-state index contributed by atoms with van der Waals surface area (Å²) < 4.78 is 6.49. The van der Waals surface area contributed by atoms with E-state index in [0.29, 0.717) is 18.1 Å². The Kier molecular flexibility index (Phi) is 3.87. The van der Waals surface area contributed by atoms with Crippen molar-refractivity contribution in [2.24, 2.45) is 5.73 Å². The third-order valence-corrected chi connectivity index (χ3v) is 3.36. The van der Waals surface area contributed by atoms with E-state index < -0.39 is 0 Å². The van der Waals surface area contributed by atoms with Gasteiger partial charge in [0, 0.05) is 12.7 Å². The van der Waals surface area contributed by atoms with Gasteiger partial charge in [-0.1, -0.05) is 12.2 Å². The monoisotopic (exact) mass is 350 g/mol. The number of hydrogen-bond acceptors (Lipinski definition) is 5. The lowest BCUT2D eigenvalue weighted by molar-refractivity contribution is 0.0843. The highest BCUT2D eigenvalue weighted by Crippen LogP contribution is 2.20. The molecule has 0 aliphatic carbocycles. The van der Waals surface area contributed by atoms with Crippen molar-refractivity contribution in [1.29, 1.82) is 0 Å². The third kappa shape index (κ3) is 2.58. The van der Waals surface area contributed by atoms with Crippen LogP contribution in [0.1, 0.15) is 0 Å². The van der Waals surface area contributed by atoms with Crippen LogP contribution in [0.3, 0.4) is 0 Å². The Labute approximate surface area is 113 Å². The molecule has 5 nitrogen and oxygen atoms in total. The Bertz CT molecular complexity index is 403. The molecular weight excluding hydrogens is 339 g/mol. The molecule has 0 bridgehead atoms. The van der Waals surface area contributed by atoms with Gasteiger partial charge in [0.05, 0.1) is 16.7 Å². The van der Waals surface area contributed by atoms with Gasteiger partial charge >= 0.3 is 0 Å². The first-order valence-corrected chi connectivity index (χ1v) is 6.28. The molecule has 0 aromatic carbocycles. The molecule has 1 saturated heterocycles. The highest BCUT2D eigenvalue weighted by molar-refractivity contribution is 14.1. The van der Waals surface area contributed by atoms with E-state index in [1.807, 2.05) is 0 Å². The molecule has 86 valence electrons. The summed E-state index contributed by atoms with van der Waals surface area (Å²) in [4.78, 5) is 10.7. The first-order valence-electron chi connectivity index (χ1n) is 4.80. The number of halogens is 1. The van der Waals surface area contributed by atoms with Crippen LogP contribution in [0.25, 0.3) is 0 Å². The van der Waals surface area contributed by atoms with Crippen LogP contribution in [0.15, 0.2) is 12.5 Å². The molecule has 2 N–H and O–H groups in total. The van der Waals surface area contributed by atoms with Crippen LogP contribution in [0, 0.1) is 3.57 Å². The Balaban J connectivity index is 2.16. The van der Waals surface area contributed by atoms with E-state index in [-0.39, 0.29) is 6.10 Å². The number of ether oxygens (including phenoxy) is 1. The normalized spacial score (nSPS) is 20.8. The minimum Gasteiger partial charge on any atom is -0.391 e. The molecule has 2 heterocycles. The van der Waals surface area contributed by atoms with Crippen molar-refractivity contribution in [3.63, 3.8) is 0 Å². The lowest BCUT2D eigenvalue weighted by atomic mass is 10.2. The zero-order valence-corrected chi connectivity index (χ0v) is 11.4. The number of anilines is 1.